The van der Waals surface area contributed by atoms with Crippen molar-refractivity contribution >= 4 is 23.4 Å². The SMILES string of the molecule is COc1ccccc1C1CN(C(=O)c2ccc(Cl)cc2)CC1C(=O)N1CCOCC1. The van der Waals surface area contributed by atoms with E-state index in [1.807, 2.05) is 29.2 Å². The summed E-state index contributed by atoms with van der Waals surface area (Å²) < 4.78 is 11.0. The van der Waals surface area contributed by atoms with E-state index in [1.165, 1.54) is 0 Å². The average Bonchev–Trinajstić information content (AvgIpc) is 3.24. The van der Waals surface area contributed by atoms with Crippen LogP contribution in [0.4, 0.5) is 0 Å². The Morgan fingerprint density at radius 3 is 2.40 bits per heavy atom. The van der Waals surface area contributed by atoms with Crippen molar-refractivity contribution in [1.29, 1.82) is 0 Å². The van der Waals surface area contributed by atoms with E-state index in [0.717, 1.165) is 11.3 Å². The monoisotopic (exact) mass is 428 g/mol. The normalized spacial score (nSPS) is 21.5. The van der Waals surface area contributed by atoms with E-state index in [0.29, 0.717) is 50.0 Å². The molecule has 0 spiro atoms. The van der Waals surface area contributed by atoms with Gasteiger partial charge in [0, 0.05) is 42.7 Å². The van der Waals surface area contributed by atoms with E-state index in [-0.39, 0.29) is 23.7 Å². The van der Waals surface area contributed by atoms with Crippen molar-refractivity contribution in [3.8, 4) is 5.75 Å². The van der Waals surface area contributed by atoms with Crippen LogP contribution in [0.5, 0.6) is 5.75 Å². The second kappa shape index (κ2) is 9.06. The Kier molecular flexibility index (Phi) is 6.25. The van der Waals surface area contributed by atoms with Crippen LogP contribution in [0.25, 0.3) is 0 Å². The second-order valence-corrected chi connectivity index (χ2v) is 8.05. The first-order valence-corrected chi connectivity index (χ1v) is 10.5. The number of halogens is 1. The Labute approximate surface area is 181 Å². The Bertz CT molecular complexity index is 912. The van der Waals surface area contributed by atoms with Crippen LogP contribution < -0.4 is 4.74 Å². The number of methoxy groups -OCH3 is 1. The first-order valence-electron chi connectivity index (χ1n) is 10.1. The van der Waals surface area contributed by atoms with Gasteiger partial charge in [0.25, 0.3) is 5.91 Å². The zero-order chi connectivity index (χ0) is 21.1. The van der Waals surface area contributed by atoms with Gasteiger partial charge in [0.05, 0.1) is 26.2 Å². The minimum atomic E-state index is -0.323. The van der Waals surface area contributed by atoms with Crippen LogP contribution in [0.15, 0.2) is 48.5 Å². The standard InChI is InChI=1S/C23H25ClN2O4/c1-29-21-5-3-2-4-18(21)19-14-26(22(27)16-6-8-17(24)9-7-16)15-20(19)23(28)25-10-12-30-13-11-25/h2-9,19-20H,10-15H2,1H3. The Balaban J connectivity index is 1.63. The average molecular weight is 429 g/mol. The van der Waals surface area contributed by atoms with Crippen LogP contribution in [0, 0.1) is 5.92 Å². The van der Waals surface area contributed by atoms with Crippen molar-refractivity contribution in [3.63, 3.8) is 0 Å². The molecule has 2 fully saturated rings. The molecule has 2 atom stereocenters. The Morgan fingerprint density at radius 1 is 1.00 bits per heavy atom. The maximum absolute atomic E-state index is 13.4. The smallest absolute Gasteiger partial charge is 0.253 e. The number of rotatable bonds is 4. The van der Waals surface area contributed by atoms with Crippen LogP contribution >= 0.6 is 11.6 Å². The van der Waals surface area contributed by atoms with Gasteiger partial charge in [-0.25, -0.2) is 0 Å². The van der Waals surface area contributed by atoms with Crippen molar-refractivity contribution in [3.05, 3.63) is 64.7 Å². The van der Waals surface area contributed by atoms with Crippen LogP contribution in [-0.4, -0.2) is 68.1 Å². The summed E-state index contributed by atoms with van der Waals surface area (Å²) in [6.07, 6.45) is 0. The van der Waals surface area contributed by atoms with Gasteiger partial charge in [-0.15, -0.1) is 0 Å². The highest BCUT2D eigenvalue weighted by atomic mass is 35.5. The summed E-state index contributed by atoms with van der Waals surface area (Å²) in [5.41, 5.74) is 1.52. The molecule has 0 saturated carbocycles. The molecule has 0 aliphatic carbocycles. The molecule has 2 saturated heterocycles. The number of hydrogen-bond acceptors (Lipinski definition) is 4. The third kappa shape index (κ3) is 4.16. The number of amides is 2. The molecule has 30 heavy (non-hydrogen) atoms. The second-order valence-electron chi connectivity index (χ2n) is 7.61. The molecular formula is C23H25ClN2O4. The van der Waals surface area contributed by atoms with Crippen LogP contribution in [0.3, 0.4) is 0 Å². The van der Waals surface area contributed by atoms with E-state index in [4.69, 9.17) is 21.1 Å². The third-order valence-electron chi connectivity index (χ3n) is 5.88. The topological polar surface area (TPSA) is 59.1 Å². The summed E-state index contributed by atoms with van der Waals surface area (Å²) in [5, 5.41) is 0.584. The minimum absolute atomic E-state index is 0.0700. The lowest BCUT2D eigenvalue weighted by Crippen LogP contribution is -2.45. The molecular weight excluding hydrogens is 404 g/mol. The largest absolute Gasteiger partial charge is 0.496 e. The molecule has 2 aliphatic rings. The zero-order valence-corrected chi connectivity index (χ0v) is 17.7. The van der Waals surface area contributed by atoms with Gasteiger partial charge < -0.3 is 19.3 Å². The summed E-state index contributed by atoms with van der Waals surface area (Å²) in [7, 11) is 1.63. The van der Waals surface area contributed by atoms with Crippen LogP contribution in [0.1, 0.15) is 21.8 Å². The number of para-hydroxylation sites is 1. The molecule has 6 nitrogen and oxygen atoms in total. The quantitative estimate of drug-likeness (QED) is 0.751. The molecule has 7 heteroatoms. The lowest BCUT2D eigenvalue weighted by molar-refractivity contribution is -0.139. The van der Waals surface area contributed by atoms with Gasteiger partial charge in [0.1, 0.15) is 5.75 Å². The Morgan fingerprint density at radius 2 is 1.70 bits per heavy atom. The third-order valence-corrected chi connectivity index (χ3v) is 6.13. The van der Waals surface area contributed by atoms with Crippen molar-refractivity contribution in [2.75, 3.05) is 46.5 Å². The van der Waals surface area contributed by atoms with E-state index in [1.54, 1.807) is 36.3 Å². The minimum Gasteiger partial charge on any atom is -0.496 e. The van der Waals surface area contributed by atoms with Crippen molar-refractivity contribution in [2.45, 2.75) is 5.92 Å². The predicted octanol–water partition coefficient (Wildman–Crippen LogP) is 3.06. The predicted molar refractivity (Wildman–Crippen MR) is 114 cm³/mol. The molecule has 2 aromatic carbocycles. The lowest BCUT2D eigenvalue weighted by Gasteiger charge is -2.31. The van der Waals surface area contributed by atoms with E-state index in [9.17, 15) is 9.59 Å². The van der Waals surface area contributed by atoms with Gasteiger partial charge in [0.2, 0.25) is 5.91 Å². The molecule has 2 aromatic rings. The fourth-order valence-corrected chi connectivity index (χ4v) is 4.43. The number of ether oxygens (including phenoxy) is 2. The Hall–Kier alpha value is -2.57. The molecule has 0 radical (unpaired) electrons. The van der Waals surface area contributed by atoms with Crippen molar-refractivity contribution < 1.29 is 19.1 Å². The number of hydrogen-bond donors (Lipinski definition) is 0. The molecule has 2 amide bonds. The molecule has 158 valence electrons. The van der Waals surface area contributed by atoms with Gasteiger partial charge in [0.15, 0.2) is 0 Å². The van der Waals surface area contributed by atoms with Crippen molar-refractivity contribution in [1.82, 2.24) is 9.80 Å². The number of likely N-dealkylation sites (tertiary alicyclic amines) is 1. The van der Waals surface area contributed by atoms with Crippen LogP contribution in [-0.2, 0) is 9.53 Å². The molecule has 2 aliphatic heterocycles. The van der Waals surface area contributed by atoms with Crippen LogP contribution in [0.2, 0.25) is 5.02 Å². The summed E-state index contributed by atoms with van der Waals surface area (Å²) in [6, 6.07) is 14.6. The van der Waals surface area contributed by atoms with Gasteiger partial charge in [-0.2, -0.15) is 0 Å². The fraction of sp³-hybridized carbons (Fsp3) is 0.391. The summed E-state index contributed by atoms with van der Waals surface area (Å²) in [6.45, 7) is 3.09. The number of nitrogens with zero attached hydrogens (tertiary/aromatic N) is 2. The van der Waals surface area contributed by atoms with Gasteiger partial charge in [-0.05, 0) is 35.9 Å². The van der Waals surface area contributed by atoms with Crippen molar-refractivity contribution in [2.24, 2.45) is 5.92 Å². The highest BCUT2D eigenvalue weighted by Gasteiger charge is 2.43. The number of benzene rings is 2. The lowest BCUT2D eigenvalue weighted by atomic mass is 9.87. The summed E-state index contributed by atoms with van der Waals surface area (Å²) in [5.74, 6) is 0.260. The fourth-order valence-electron chi connectivity index (χ4n) is 4.30. The highest BCUT2D eigenvalue weighted by Crippen LogP contribution is 2.39. The molecule has 0 bridgehead atoms. The molecule has 2 unspecified atom stereocenters. The first-order chi connectivity index (χ1) is 14.6. The zero-order valence-electron chi connectivity index (χ0n) is 16.9. The maximum atomic E-state index is 13.4. The molecule has 2 heterocycles. The van der Waals surface area contributed by atoms with E-state index in [2.05, 4.69) is 0 Å². The van der Waals surface area contributed by atoms with Gasteiger partial charge in [-0.3, -0.25) is 9.59 Å². The maximum Gasteiger partial charge on any atom is 0.253 e. The van der Waals surface area contributed by atoms with E-state index >= 15 is 0 Å². The number of carbonyl (C=O) groups excluding carboxylic acids is 2. The van der Waals surface area contributed by atoms with Gasteiger partial charge in [-0.1, -0.05) is 29.8 Å². The molecule has 0 aromatic heterocycles. The van der Waals surface area contributed by atoms with Gasteiger partial charge >= 0.3 is 0 Å². The summed E-state index contributed by atoms with van der Waals surface area (Å²) in [4.78, 5) is 30.2. The van der Waals surface area contributed by atoms with E-state index < -0.39 is 0 Å². The summed E-state index contributed by atoms with van der Waals surface area (Å²) >= 11 is 5.96. The highest BCUT2D eigenvalue weighted by molar-refractivity contribution is 6.30. The first kappa shape index (κ1) is 20.7. The number of morpholine rings is 1. The number of carbonyl (C=O) groups is 2. The molecule has 4 rings (SSSR count). The molecule has 0 N–H and O–H groups in total.